The summed E-state index contributed by atoms with van der Waals surface area (Å²) >= 11 is 0. The predicted octanol–water partition coefficient (Wildman–Crippen LogP) is 6.88. The van der Waals surface area contributed by atoms with Gasteiger partial charge >= 0.3 is 0 Å². The van der Waals surface area contributed by atoms with E-state index in [1.165, 1.54) is 0 Å². The Bertz CT molecular complexity index is 1520. The maximum absolute atomic E-state index is 13.9. The van der Waals surface area contributed by atoms with Crippen LogP contribution in [0.4, 0.5) is 0 Å². The van der Waals surface area contributed by atoms with E-state index in [0.29, 0.717) is 0 Å². The van der Waals surface area contributed by atoms with E-state index in [2.05, 4.69) is 4.72 Å². The van der Waals surface area contributed by atoms with Crippen LogP contribution in [0.1, 0.15) is 28.8 Å². The van der Waals surface area contributed by atoms with Gasteiger partial charge < -0.3 is 5.73 Å². The Kier molecular flexibility index (Phi) is 7.80. The van der Waals surface area contributed by atoms with Crippen molar-refractivity contribution in [3.8, 4) is 22.3 Å². The highest BCUT2D eigenvalue weighted by molar-refractivity contribution is 7.88. The minimum Gasteiger partial charge on any atom is -0.322 e. The summed E-state index contributed by atoms with van der Waals surface area (Å²) in [6.45, 7) is 0. The van der Waals surface area contributed by atoms with E-state index in [4.69, 9.17) is 5.73 Å². The van der Waals surface area contributed by atoms with Crippen LogP contribution in [0.5, 0.6) is 0 Å². The number of nitrogens with two attached hydrogens (primary N) is 1. The Balaban J connectivity index is 1.56. The van der Waals surface area contributed by atoms with Crippen molar-refractivity contribution in [2.24, 2.45) is 5.73 Å². The van der Waals surface area contributed by atoms with Crippen molar-refractivity contribution in [2.75, 3.05) is 0 Å². The lowest BCUT2D eigenvalue weighted by Gasteiger charge is -2.26. The molecule has 190 valence electrons. The fourth-order valence-corrected chi connectivity index (χ4v) is 6.26. The summed E-state index contributed by atoms with van der Waals surface area (Å²) in [5.74, 6) is -0.187. The van der Waals surface area contributed by atoms with Crippen LogP contribution in [0.3, 0.4) is 0 Å². The quantitative estimate of drug-likeness (QED) is 0.223. The molecule has 0 aliphatic heterocycles. The number of benzene rings is 5. The van der Waals surface area contributed by atoms with Crippen LogP contribution in [0.25, 0.3) is 22.3 Å². The summed E-state index contributed by atoms with van der Waals surface area (Å²) in [7, 11) is -3.83. The third kappa shape index (κ3) is 5.92. The predicted molar refractivity (Wildman–Crippen MR) is 156 cm³/mol. The fraction of sp³-hybridized carbons (Fsp3) is 0.0909. The molecule has 4 nitrogen and oxygen atoms in total. The molecule has 0 bridgehead atoms. The highest BCUT2D eigenvalue weighted by Gasteiger charge is 2.28. The lowest BCUT2D eigenvalue weighted by molar-refractivity contribution is 0.503. The van der Waals surface area contributed by atoms with E-state index in [1.807, 2.05) is 140 Å². The molecule has 38 heavy (non-hydrogen) atoms. The molecule has 3 N–H and O–H groups in total. The summed E-state index contributed by atoms with van der Waals surface area (Å²) in [5, 5.41) is 0. The van der Waals surface area contributed by atoms with E-state index in [-0.39, 0.29) is 5.75 Å². The Hall–Kier alpha value is -4.03. The van der Waals surface area contributed by atoms with Crippen molar-refractivity contribution in [3.63, 3.8) is 0 Å². The van der Waals surface area contributed by atoms with Gasteiger partial charge in [0.05, 0.1) is 17.8 Å². The second kappa shape index (κ2) is 11.6. The van der Waals surface area contributed by atoms with Gasteiger partial charge in [0.2, 0.25) is 10.0 Å². The van der Waals surface area contributed by atoms with Gasteiger partial charge in [-0.3, -0.25) is 0 Å². The normalized spacial score (nSPS) is 13.1. The maximum Gasteiger partial charge on any atom is 0.216 e. The number of rotatable bonds is 9. The molecule has 0 fully saturated rings. The fourth-order valence-electron chi connectivity index (χ4n) is 4.82. The zero-order chi connectivity index (χ0) is 26.4. The topological polar surface area (TPSA) is 72.2 Å². The van der Waals surface area contributed by atoms with Crippen LogP contribution in [0.15, 0.2) is 140 Å². The van der Waals surface area contributed by atoms with Gasteiger partial charge in [0.15, 0.2) is 0 Å². The first-order chi connectivity index (χ1) is 18.5. The summed E-state index contributed by atoms with van der Waals surface area (Å²) in [6, 6.07) is 43.6. The molecule has 0 heterocycles. The highest BCUT2D eigenvalue weighted by Crippen LogP contribution is 2.35. The maximum atomic E-state index is 13.9. The van der Waals surface area contributed by atoms with Crippen molar-refractivity contribution in [1.29, 1.82) is 0 Å². The minimum atomic E-state index is -3.83. The van der Waals surface area contributed by atoms with Gasteiger partial charge in [-0.05, 0) is 38.9 Å². The number of nitrogens with one attached hydrogen (secondary N) is 1. The van der Waals surface area contributed by atoms with Gasteiger partial charge in [-0.25, -0.2) is 13.1 Å². The molecule has 0 saturated carbocycles. The van der Waals surface area contributed by atoms with E-state index in [1.54, 1.807) is 0 Å². The molecule has 5 heteroatoms. The van der Waals surface area contributed by atoms with E-state index < -0.39 is 22.1 Å². The zero-order valence-corrected chi connectivity index (χ0v) is 21.8. The first-order valence-corrected chi connectivity index (χ1v) is 14.3. The molecule has 5 aromatic rings. The average Bonchev–Trinajstić information content (AvgIpc) is 2.97. The first-order valence-electron chi connectivity index (χ1n) is 12.6. The van der Waals surface area contributed by atoms with Crippen molar-refractivity contribution >= 4 is 10.0 Å². The van der Waals surface area contributed by atoms with Gasteiger partial charge in [-0.15, -0.1) is 0 Å². The van der Waals surface area contributed by atoms with Crippen LogP contribution in [-0.2, 0) is 15.8 Å². The van der Waals surface area contributed by atoms with Crippen molar-refractivity contribution in [3.05, 3.63) is 156 Å². The van der Waals surface area contributed by atoms with Gasteiger partial charge in [0.1, 0.15) is 0 Å². The Morgan fingerprint density at radius 3 is 1.45 bits per heavy atom. The summed E-state index contributed by atoms with van der Waals surface area (Å²) in [6.07, 6.45) is 0. The largest absolute Gasteiger partial charge is 0.322 e. The van der Waals surface area contributed by atoms with Crippen LogP contribution in [0.2, 0.25) is 0 Å². The van der Waals surface area contributed by atoms with Gasteiger partial charge in [-0.2, -0.15) is 0 Å². The first kappa shape index (κ1) is 25.6. The van der Waals surface area contributed by atoms with Crippen molar-refractivity contribution < 1.29 is 8.42 Å². The monoisotopic (exact) mass is 518 g/mol. The number of hydrogen-bond donors (Lipinski definition) is 2. The third-order valence-electron chi connectivity index (χ3n) is 6.69. The van der Waals surface area contributed by atoms with Crippen LogP contribution >= 0.6 is 0 Å². The Morgan fingerprint density at radius 1 is 0.553 bits per heavy atom. The van der Waals surface area contributed by atoms with Crippen LogP contribution < -0.4 is 10.5 Å². The SMILES string of the molecule is NC(c1ccccc1)C(NS(=O)(=O)Cc1c(-c2ccccc2)cccc1-c1ccccc1)c1ccccc1. The summed E-state index contributed by atoms with van der Waals surface area (Å²) in [4.78, 5) is 0. The average molecular weight is 519 g/mol. The molecule has 0 spiro atoms. The second-order valence-corrected chi connectivity index (χ2v) is 11.0. The molecule has 0 radical (unpaired) electrons. The van der Waals surface area contributed by atoms with Crippen LogP contribution in [0, 0.1) is 0 Å². The highest BCUT2D eigenvalue weighted by atomic mass is 32.2. The van der Waals surface area contributed by atoms with Crippen molar-refractivity contribution in [2.45, 2.75) is 17.8 Å². The summed E-state index contributed by atoms with van der Waals surface area (Å²) < 4.78 is 30.8. The lowest BCUT2D eigenvalue weighted by Crippen LogP contribution is -2.36. The third-order valence-corrected chi connectivity index (χ3v) is 7.97. The Morgan fingerprint density at radius 2 is 0.974 bits per heavy atom. The van der Waals surface area contributed by atoms with Gasteiger partial charge in [0.25, 0.3) is 0 Å². The Labute approximate surface area is 224 Å². The number of sulfonamides is 1. The van der Waals surface area contributed by atoms with Crippen molar-refractivity contribution in [1.82, 2.24) is 4.72 Å². The van der Waals surface area contributed by atoms with Crippen LogP contribution in [-0.4, -0.2) is 8.42 Å². The molecule has 0 saturated heterocycles. The van der Waals surface area contributed by atoms with E-state index >= 15 is 0 Å². The molecule has 0 amide bonds. The van der Waals surface area contributed by atoms with E-state index in [0.717, 1.165) is 38.9 Å². The van der Waals surface area contributed by atoms with E-state index in [9.17, 15) is 8.42 Å². The zero-order valence-electron chi connectivity index (χ0n) is 20.9. The molecule has 0 aliphatic rings. The molecule has 0 aromatic heterocycles. The molecule has 0 aliphatic carbocycles. The molecule has 2 atom stereocenters. The molecule has 5 rings (SSSR count). The minimum absolute atomic E-state index is 0.187. The second-order valence-electron chi connectivity index (χ2n) is 9.27. The number of hydrogen-bond acceptors (Lipinski definition) is 3. The molecular weight excluding hydrogens is 488 g/mol. The van der Waals surface area contributed by atoms with Gasteiger partial charge in [-0.1, -0.05) is 140 Å². The standard InChI is InChI=1S/C33H30N2O2S/c34-32(27-18-9-3-10-19-27)33(28-20-11-4-12-21-28)35-38(36,37)24-31-29(25-14-5-1-6-15-25)22-13-23-30(31)26-16-7-2-8-17-26/h1-23,32-33,35H,24,34H2. The molecule has 2 unspecified atom stereocenters. The summed E-state index contributed by atoms with van der Waals surface area (Å²) in [5.41, 5.74) is 12.8. The molecule has 5 aromatic carbocycles. The lowest BCUT2D eigenvalue weighted by atomic mass is 9.93. The molecular formula is C33H30N2O2S. The smallest absolute Gasteiger partial charge is 0.216 e. The van der Waals surface area contributed by atoms with Gasteiger partial charge in [0, 0.05) is 0 Å².